The molecule has 1 aromatic heterocycles. The first-order valence-electron chi connectivity index (χ1n) is 8.03. The number of hydrogen-bond acceptors (Lipinski definition) is 5. The molecule has 7 heteroatoms. The zero-order valence-corrected chi connectivity index (χ0v) is 15.6. The fraction of sp³-hybridized carbons (Fsp3) is 0.750. The predicted molar refractivity (Wildman–Crippen MR) is 94.3 cm³/mol. The molecule has 23 heavy (non-hydrogen) atoms. The second-order valence-electron chi connectivity index (χ2n) is 7.04. The number of rotatable bonds is 5. The average molecular weight is 340 g/mol. The highest BCUT2D eigenvalue weighted by Crippen LogP contribution is 2.24. The summed E-state index contributed by atoms with van der Waals surface area (Å²) in [6, 6.07) is -0.0774. The maximum atomic E-state index is 12.4. The molecule has 0 saturated carbocycles. The molecule has 1 aliphatic rings. The van der Waals surface area contributed by atoms with Gasteiger partial charge in [0.1, 0.15) is 0 Å². The van der Waals surface area contributed by atoms with Crippen LogP contribution in [0, 0.1) is 19.3 Å². The van der Waals surface area contributed by atoms with Crippen LogP contribution in [0.15, 0.2) is 0 Å². The van der Waals surface area contributed by atoms with Gasteiger partial charge in [-0.2, -0.15) is 4.37 Å². The number of nitrogens with one attached hydrogen (secondary N) is 1. The van der Waals surface area contributed by atoms with Crippen LogP contribution in [0.1, 0.15) is 24.4 Å². The molecule has 0 atom stereocenters. The number of amides is 2. The number of urea groups is 1. The minimum Gasteiger partial charge on any atom is -0.379 e. The summed E-state index contributed by atoms with van der Waals surface area (Å²) in [5, 5.41) is 2.99. The summed E-state index contributed by atoms with van der Waals surface area (Å²) in [6.45, 7) is 13.5. The van der Waals surface area contributed by atoms with Gasteiger partial charge in [-0.25, -0.2) is 4.79 Å². The van der Waals surface area contributed by atoms with Crippen LogP contribution in [0.3, 0.4) is 0 Å². The molecule has 1 aromatic rings. The monoisotopic (exact) mass is 340 g/mol. The van der Waals surface area contributed by atoms with E-state index in [4.69, 9.17) is 4.74 Å². The van der Waals surface area contributed by atoms with Crippen molar-refractivity contribution in [2.75, 3.05) is 51.8 Å². The molecule has 0 aliphatic carbocycles. The molecule has 2 rings (SSSR count). The van der Waals surface area contributed by atoms with E-state index in [0.29, 0.717) is 6.54 Å². The van der Waals surface area contributed by atoms with Crippen LogP contribution in [-0.2, 0) is 4.74 Å². The number of anilines is 1. The molecule has 0 radical (unpaired) electrons. The molecule has 6 nitrogen and oxygen atoms in total. The molecule has 1 fully saturated rings. The van der Waals surface area contributed by atoms with Gasteiger partial charge in [0.2, 0.25) is 0 Å². The van der Waals surface area contributed by atoms with Crippen LogP contribution >= 0.6 is 11.5 Å². The Morgan fingerprint density at radius 2 is 2.04 bits per heavy atom. The molecule has 2 heterocycles. The van der Waals surface area contributed by atoms with E-state index in [1.807, 2.05) is 20.9 Å². The minimum absolute atomic E-state index is 0.0282. The number of ether oxygens (including phenoxy) is 1. The van der Waals surface area contributed by atoms with Gasteiger partial charge in [-0.15, -0.1) is 0 Å². The van der Waals surface area contributed by atoms with Gasteiger partial charge in [-0.05, 0) is 30.8 Å². The number of nitrogens with zero attached hydrogens (tertiary/aromatic N) is 3. The SMILES string of the molecule is Cc1nsc(C)c1NC(=O)N(C)CC(C)(C)CN1CCOCC1. The van der Waals surface area contributed by atoms with Crippen molar-refractivity contribution in [1.29, 1.82) is 0 Å². The van der Waals surface area contributed by atoms with Gasteiger partial charge in [0.25, 0.3) is 0 Å². The van der Waals surface area contributed by atoms with E-state index in [0.717, 1.165) is 49.1 Å². The van der Waals surface area contributed by atoms with Crippen molar-refractivity contribution in [1.82, 2.24) is 14.2 Å². The van der Waals surface area contributed by atoms with E-state index in [2.05, 4.69) is 28.4 Å². The van der Waals surface area contributed by atoms with E-state index in [-0.39, 0.29) is 11.4 Å². The Kier molecular flexibility index (Phi) is 6.00. The largest absolute Gasteiger partial charge is 0.379 e. The quantitative estimate of drug-likeness (QED) is 0.895. The van der Waals surface area contributed by atoms with Gasteiger partial charge in [0.05, 0.1) is 24.6 Å². The summed E-state index contributed by atoms with van der Waals surface area (Å²) in [6.07, 6.45) is 0. The fourth-order valence-electron chi connectivity index (χ4n) is 2.99. The zero-order chi connectivity index (χ0) is 17.0. The molecule has 1 N–H and O–H groups in total. The third-order valence-electron chi connectivity index (χ3n) is 4.03. The summed E-state index contributed by atoms with van der Waals surface area (Å²) in [5.41, 5.74) is 1.75. The molecule has 130 valence electrons. The van der Waals surface area contributed by atoms with Crippen LogP contribution in [0.4, 0.5) is 10.5 Å². The summed E-state index contributed by atoms with van der Waals surface area (Å²) >= 11 is 1.42. The van der Waals surface area contributed by atoms with Crippen molar-refractivity contribution in [2.45, 2.75) is 27.7 Å². The number of morpholine rings is 1. The third kappa shape index (κ3) is 5.16. The Labute approximate surface area is 143 Å². The molecule has 1 aliphatic heterocycles. The predicted octanol–water partition coefficient (Wildman–Crippen LogP) is 2.58. The Hall–Kier alpha value is -1.18. The average Bonchev–Trinajstić information content (AvgIpc) is 2.79. The first-order valence-corrected chi connectivity index (χ1v) is 8.81. The molecule has 2 amide bonds. The smallest absolute Gasteiger partial charge is 0.321 e. The summed E-state index contributed by atoms with van der Waals surface area (Å²) in [7, 11) is 1.85. The van der Waals surface area contributed by atoms with Crippen LogP contribution in [0.25, 0.3) is 0 Å². The summed E-state index contributed by atoms with van der Waals surface area (Å²) < 4.78 is 9.66. The summed E-state index contributed by atoms with van der Waals surface area (Å²) in [5.74, 6) is 0. The van der Waals surface area contributed by atoms with Crippen molar-refractivity contribution < 1.29 is 9.53 Å². The highest BCUT2D eigenvalue weighted by atomic mass is 32.1. The normalized spacial score (nSPS) is 16.4. The van der Waals surface area contributed by atoms with Crippen molar-refractivity contribution in [3.05, 3.63) is 10.6 Å². The van der Waals surface area contributed by atoms with E-state index in [1.54, 1.807) is 4.90 Å². The highest BCUT2D eigenvalue weighted by Gasteiger charge is 2.27. The Balaban J connectivity index is 1.88. The van der Waals surface area contributed by atoms with Crippen LogP contribution in [-0.4, -0.2) is 66.6 Å². The van der Waals surface area contributed by atoms with Crippen molar-refractivity contribution >= 4 is 23.3 Å². The third-order valence-corrected chi connectivity index (χ3v) is 4.88. The van der Waals surface area contributed by atoms with Gasteiger partial charge in [0.15, 0.2) is 0 Å². The van der Waals surface area contributed by atoms with Crippen molar-refractivity contribution in [3.8, 4) is 0 Å². The molecule has 1 saturated heterocycles. The minimum atomic E-state index is -0.0774. The zero-order valence-electron chi connectivity index (χ0n) is 14.8. The number of carbonyl (C=O) groups is 1. The maximum absolute atomic E-state index is 12.4. The first kappa shape index (κ1) is 18.2. The molecule has 0 spiro atoms. The Morgan fingerprint density at radius 1 is 1.39 bits per heavy atom. The number of hydrogen-bond donors (Lipinski definition) is 1. The van der Waals surface area contributed by atoms with Gasteiger partial charge in [0, 0.05) is 38.1 Å². The van der Waals surface area contributed by atoms with Gasteiger partial charge < -0.3 is 15.0 Å². The van der Waals surface area contributed by atoms with Crippen LogP contribution in [0.5, 0.6) is 0 Å². The molecule has 0 bridgehead atoms. The Morgan fingerprint density at radius 3 is 2.61 bits per heavy atom. The first-order chi connectivity index (χ1) is 10.8. The number of carbonyl (C=O) groups excluding carboxylic acids is 1. The Bertz CT molecular complexity index is 519. The molecule has 0 unspecified atom stereocenters. The lowest BCUT2D eigenvalue weighted by Gasteiger charge is -2.37. The topological polar surface area (TPSA) is 57.7 Å². The van der Waals surface area contributed by atoms with Crippen molar-refractivity contribution in [2.24, 2.45) is 5.41 Å². The molecular weight excluding hydrogens is 312 g/mol. The lowest BCUT2D eigenvalue weighted by atomic mass is 9.92. The number of aromatic nitrogens is 1. The second kappa shape index (κ2) is 7.59. The van der Waals surface area contributed by atoms with Gasteiger partial charge in [-0.1, -0.05) is 13.8 Å². The lowest BCUT2D eigenvalue weighted by Crippen LogP contribution is -2.47. The van der Waals surface area contributed by atoms with Crippen LogP contribution < -0.4 is 5.32 Å². The van der Waals surface area contributed by atoms with Crippen LogP contribution in [0.2, 0.25) is 0 Å². The maximum Gasteiger partial charge on any atom is 0.321 e. The van der Waals surface area contributed by atoms with E-state index >= 15 is 0 Å². The van der Waals surface area contributed by atoms with E-state index < -0.39 is 0 Å². The van der Waals surface area contributed by atoms with Gasteiger partial charge in [-0.3, -0.25) is 4.90 Å². The number of aryl methyl sites for hydroxylation is 2. The lowest BCUT2D eigenvalue weighted by molar-refractivity contribution is 0.0182. The summed E-state index contributed by atoms with van der Waals surface area (Å²) in [4.78, 5) is 17.7. The molecule has 0 aromatic carbocycles. The highest BCUT2D eigenvalue weighted by molar-refractivity contribution is 7.06. The second-order valence-corrected chi connectivity index (χ2v) is 8.02. The van der Waals surface area contributed by atoms with E-state index in [1.165, 1.54) is 11.5 Å². The van der Waals surface area contributed by atoms with Crippen molar-refractivity contribution in [3.63, 3.8) is 0 Å². The fourth-order valence-corrected chi connectivity index (χ4v) is 3.65. The standard InChI is InChI=1S/C16H28N4O2S/c1-12-14(13(2)23-18-12)17-15(21)19(5)10-16(3,4)11-20-6-8-22-9-7-20/h6-11H2,1-5H3,(H,17,21). The molecular formula is C16H28N4O2S. The van der Waals surface area contributed by atoms with Gasteiger partial charge >= 0.3 is 6.03 Å². The van der Waals surface area contributed by atoms with E-state index in [9.17, 15) is 4.79 Å².